The van der Waals surface area contributed by atoms with Gasteiger partial charge in [-0.1, -0.05) is 6.42 Å². The molecule has 1 aromatic carbocycles. The lowest BCUT2D eigenvalue weighted by atomic mass is 9.95. The smallest absolute Gasteiger partial charge is 0.387 e. The Morgan fingerprint density at radius 3 is 2.65 bits per heavy atom. The number of halogens is 2. The number of hydrogen-bond donors (Lipinski definition) is 2. The van der Waals surface area contributed by atoms with E-state index < -0.39 is 6.61 Å². The third-order valence-electron chi connectivity index (χ3n) is 3.65. The van der Waals surface area contributed by atoms with E-state index in [1.807, 2.05) is 0 Å². The molecule has 0 heterocycles. The maximum atomic E-state index is 12.1. The number of alkyl halides is 2. The molecule has 1 amide bonds. The fraction of sp³-hybridized carbons (Fsp3) is 0.500. The van der Waals surface area contributed by atoms with E-state index in [0.29, 0.717) is 12.2 Å². The zero-order chi connectivity index (χ0) is 14.5. The van der Waals surface area contributed by atoms with E-state index in [1.165, 1.54) is 12.1 Å². The largest absolute Gasteiger partial charge is 0.435 e. The lowest BCUT2D eigenvalue weighted by molar-refractivity contribution is -0.120. The summed E-state index contributed by atoms with van der Waals surface area (Å²) < 4.78 is 28.3. The van der Waals surface area contributed by atoms with E-state index in [9.17, 15) is 13.6 Å². The summed E-state index contributed by atoms with van der Waals surface area (Å²) in [6, 6.07) is 5.89. The monoisotopic (exact) mass is 284 g/mol. The summed E-state index contributed by atoms with van der Waals surface area (Å²) in [6.45, 7) is -2.33. The number of amides is 1. The molecular formula is C14H18F2N2O2. The van der Waals surface area contributed by atoms with Gasteiger partial charge in [0.15, 0.2) is 0 Å². The molecule has 1 fully saturated rings. The van der Waals surface area contributed by atoms with E-state index in [2.05, 4.69) is 10.1 Å². The molecule has 2 rings (SSSR count). The molecule has 0 saturated heterocycles. The maximum Gasteiger partial charge on any atom is 0.387 e. The van der Waals surface area contributed by atoms with E-state index in [1.54, 1.807) is 12.1 Å². The minimum Gasteiger partial charge on any atom is -0.435 e. The van der Waals surface area contributed by atoms with Crippen LogP contribution in [0, 0.1) is 11.8 Å². The number of hydrogen-bond acceptors (Lipinski definition) is 3. The molecule has 1 aromatic rings. The van der Waals surface area contributed by atoms with E-state index in [-0.39, 0.29) is 23.5 Å². The normalized spacial score (nSPS) is 22.0. The standard InChI is InChI=1S/C14H18F2N2O2/c15-14(16)20-11-6-4-10(5-7-11)18-13(19)12-3-1-2-9(12)8-17/h4-7,9,12,14H,1-3,8,17H2,(H,18,19)/t9-,12-/m1/s1. The van der Waals surface area contributed by atoms with Gasteiger partial charge >= 0.3 is 6.61 Å². The third-order valence-corrected chi connectivity index (χ3v) is 3.65. The van der Waals surface area contributed by atoms with Crippen molar-refractivity contribution >= 4 is 11.6 Å². The fourth-order valence-electron chi connectivity index (χ4n) is 2.62. The molecule has 0 unspecified atom stereocenters. The van der Waals surface area contributed by atoms with E-state index in [4.69, 9.17) is 5.73 Å². The molecule has 0 spiro atoms. The van der Waals surface area contributed by atoms with Gasteiger partial charge in [-0.3, -0.25) is 4.79 Å². The lowest BCUT2D eigenvalue weighted by Gasteiger charge is -2.17. The van der Waals surface area contributed by atoms with Crippen LogP contribution in [0.2, 0.25) is 0 Å². The Bertz CT molecular complexity index is 451. The Labute approximate surface area is 116 Å². The van der Waals surface area contributed by atoms with Crippen LogP contribution in [-0.2, 0) is 4.79 Å². The molecule has 4 nitrogen and oxygen atoms in total. The van der Waals surface area contributed by atoms with Crippen molar-refractivity contribution in [1.29, 1.82) is 0 Å². The van der Waals surface area contributed by atoms with Crippen molar-refractivity contribution in [1.82, 2.24) is 0 Å². The molecule has 3 N–H and O–H groups in total. The van der Waals surface area contributed by atoms with Crippen molar-refractivity contribution in [2.45, 2.75) is 25.9 Å². The number of benzene rings is 1. The SMILES string of the molecule is NC[C@H]1CCC[C@H]1C(=O)Nc1ccc(OC(F)F)cc1. The number of nitrogens with one attached hydrogen (secondary N) is 1. The molecule has 110 valence electrons. The molecule has 1 aliphatic carbocycles. The highest BCUT2D eigenvalue weighted by Crippen LogP contribution is 2.32. The summed E-state index contributed by atoms with van der Waals surface area (Å²) >= 11 is 0. The van der Waals surface area contributed by atoms with Gasteiger partial charge in [0, 0.05) is 11.6 Å². The van der Waals surface area contributed by atoms with Gasteiger partial charge in [-0.05, 0) is 49.6 Å². The van der Waals surface area contributed by atoms with Crippen LogP contribution in [0.3, 0.4) is 0 Å². The Hall–Kier alpha value is -1.69. The first-order valence-electron chi connectivity index (χ1n) is 6.66. The number of anilines is 1. The number of carbonyl (C=O) groups is 1. The summed E-state index contributed by atoms with van der Waals surface area (Å²) in [7, 11) is 0. The Morgan fingerprint density at radius 1 is 1.35 bits per heavy atom. The third kappa shape index (κ3) is 3.66. The maximum absolute atomic E-state index is 12.1. The molecule has 1 saturated carbocycles. The van der Waals surface area contributed by atoms with Crippen molar-refractivity contribution in [3.05, 3.63) is 24.3 Å². The van der Waals surface area contributed by atoms with Gasteiger partial charge in [0.1, 0.15) is 5.75 Å². The van der Waals surface area contributed by atoms with Crippen LogP contribution in [0.5, 0.6) is 5.75 Å². The zero-order valence-electron chi connectivity index (χ0n) is 11.0. The van der Waals surface area contributed by atoms with Crippen LogP contribution in [0.4, 0.5) is 14.5 Å². The second-order valence-corrected chi connectivity index (χ2v) is 4.93. The minimum absolute atomic E-state index is 0.0551. The minimum atomic E-state index is -2.85. The van der Waals surface area contributed by atoms with Gasteiger partial charge in [0.05, 0.1) is 0 Å². The van der Waals surface area contributed by atoms with E-state index in [0.717, 1.165) is 19.3 Å². The second kappa shape index (κ2) is 6.65. The first-order valence-corrected chi connectivity index (χ1v) is 6.66. The van der Waals surface area contributed by atoms with Crippen LogP contribution in [0.1, 0.15) is 19.3 Å². The number of ether oxygens (including phenoxy) is 1. The highest BCUT2D eigenvalue weighted by atomic mass is 19.3. The van der Waals surface area contributed by atoms with Crippen LogP contribution < -0.4 is 15.8 Å². The second-order valence-electron chi connectivity index (χ2n) is 4.93. The molecule has 2 atom stereocenters. The van der Waals surface area contributed by atoms with Gasteiger partial charge in [0.25, 0.3) is 0 Å². The first kappa shape index (κ1) is 14.7. The highest BCUT2D eigenvalue weighted by Gasteiger charge is 2.31. The van der Waals surface area contributed by atoms with Crippen molar-refractivity contribution in [3.63, 3.8) is 0 Å². The molecule has 20 heavy (non-hydrogen) atoms. The van der Waals surface area contributed by atoms with Crippen molar-refractivity contribution in [2.24, 2.45) is 17.6 Å². The topological polar surface area (TPSA) is 64.4 Å². The van der Waals surface area contributed by atoms with Crippen molar-refractivity contribution in [3.8, 4) is 5.75 Å². The van der Waals surface area contributed by atoms with E-state index >= 15 is 0 Å². The molecule has 0 radical (unpaired) electrons. The predicted molar refractivity (Wildman–Crippen MR) is 71.6 cm³/mol. The lowest BCUT2D eigenvalue weighted by Crippen LogP contribution is -2.29. The quantitative estimate of drug-likeness (QED) is 0.873. The zero-order valence-corrected chi connectivity index (χ0v) is 11.0. The Balaban J connectivity index is 1.94. The molecule has 6 heteroatoms. The Kier molecular flexibility index (Phi) is 4.89. The first-order chi connectivity index (χ1) is 9.60. The summed E-state index contributed by atoms with van der Waals surface area (Å²) in [5.74, 6) is 0.188. The highest BCUT2D eigenvalue weighted by molar-refractivity contribution is 5.93. The average Bonchev–Trinajstić information content (AvgIpc) is 2.89. The van der Waals surface area contributed by atoms with Crippen LogP contribution in [0.25, 0.3) is 0 Å². The summed E-state index contributed by atoms with van der Waals surface area (Å²) in [4.78, 5) is 12.1. The molecular weight excluding hydrogens is 266 g/mol. The van der Waals surface area contributed by atoms with Crippen molar-refractivity contribution in [2.75, 3.05) is 11.9 Å². The molecule has 0 aromatic heterocycles. The predicted octanol–water partition coefficient (Wildman–Crippen LogP) is 2.60. The van der Waals surface area contributed by atoms with Gasteiger partial charge in [-0.2, -0.15) is 8.78 Å². The Morgan fingerprint density at radius 2 is 2.05 bits per heavy atom. The molecule has 1 aliphatic rings. The van der Waals surface area contributed by atoms with Crippen LogP contribution in [-0.4, -0.2) is 19.1 Å². The summed E-state index contributed by atoms with van der Waals surface area (Å²) in [5.41, 5.74) is 6.22. The summed E-state index contributed by atoms with van der Waals surface area (Å²) in [6.07, 6.45) is 2.84. The van der Waals surface area contributed by atoms with Crippen LogP contribution in [0.15, 0.2) is 24.3 Å². The number of nitrogens with two attached hydrogens (primary N) is 1. The molecule has 0 bridgehead atoms. The fourth-order valence-corrected chi connectivity index (χ4v) is 2.62. The number of carbonyl (C=O) groups excluding carboxylic acids is 1. The molecule has 0 aliphatic heterocycles. The number of rotatable bonds is 5. The van der Waals surface area contributed by atoms with Crippen LogP contribution >= 0.6 is 0 Å². The average molecular weight is 284 g/mol. The summed E-state index contributed by atoms with van der Waals surface area (Å²) in [5, 5.41) is 2.79. The van der Waals surface area contributed by atoms with Crippen molar-refractivity contribution < 1.29 is 18.3 Å². The van der Waals surface area contributed by atoms with Gasteiger partial charge in [-0.25, -0.2) is 0 Å². The van der Waals surface area contributed by atoms with Gasteiger partial charge in [0.2, 0.25) is 5.91 Å². The van der Waals surface area contributed by atoms with Gasteiger partial charge in [-0.15, -0.1) is 0 Å². The van der Waals surface area contributed by atoms with Gasteiger partial charge < -0.3 is 15.8 Å².